The summed E-state index contributed by atoms with van der Waals surface area (Å²) in [6, 6.07) is 8.14. The Morgan fingerprint density at radius 2 is 1.90 bits per heavy atom. The lowest BCUT2D eigenvalue weighted by Gasteiger charge is -2.29. The zero-order valence-electron chi connectivity index (χ0n) is 11.8. The van der Waals surface area contributed by atoms with Gasteiger partial charge in [-0.05, 0) is 18.9 Å². The van der Waals surface area contributed by atoms with Crippen LogP contribution in [0.25, 0.3) is 0 Å². The minimum absolute atomic E-state index is 0.0774. The minimum Gasteiger partial charge on any atom is -0.493 e. The van der Waals surface area contributed by atoms with Crippen LogP contribution in [0, 0.1) is 0 Å². The molecule has 1 N–H and O–H groups in total. The number of hydrogen-bond acceptors (Lipinski definition) is 2. The number of benzene rings is 1. The van der Waals surface area contributed by atoms with Gasteiger partial charge >= 0.3 is 6.03 Å². The molecule has 0 spiro atoms. The SMILES string of the molecule is O=C(NC1CCOc2ccccc21)N1CCCCCC1. The molecule has 1 atom stereocenters. The van der Waals surface area contributed by atoms with Crippen LogP contribution in [-0.4, -0.2) is 30.6 Å². The monoisotopic (exact) mass is 274 g/mol. The van der Waals surface area contributed by atoms with Crippen molar-refractivity contribution in [3.8, 4) is 5.75 Å². The van der Waals surface area contributed by atoms with Gasteiger partial charge in [0, 0.05) is 25.1 Å². The highest BCUT2D eigenvalue weighted by molar-refractivity contribution is 5.75. The van der Waals surface area contributed by atoms with Crippen LogP contribution in [0.3, 0.4) is 0 Å². The van der Waals surface area contributed by atoms with E-state index in [1.54, 1.807) is 0 Å². The maximum Gasteiger partial charge on any atom is 0.317 e. The maximum atomic E-state index is 12.4. The van der Waals surface area contributed by atoms with E-state index < -0.39 is 0 Å². The lowest BCUT2D eigenvalue weighted by molar-refractivity contribution is 0.188. The molecule has 2 heterocycles. The van der Waals surface area contributed by atoms with Gasteiger partial charge in [-0.2, -0.15) is 0 Å². The van der Waals surface area contributed by atoms with Gasteiger partial charge in [0.1, 0.15) is 5.75 Å². The molecular formula is C16H22N2O2. The fourth-order valence-electron chi connectivity index (χ4n) is 3.01. The van der Waals surface area contributed by atoms with Gasteiger partial charge in [-0.3, -0.25) is 0 Å². The number of urea groups is 1. The first kappa shape index (κ1) is 13.3. The van der Waals surface area contributed by atoms with Crippen LogP contribution < -0.4 is 10.1 Å². The van der Waals surface area contributed by atoms with Crippen LogP contribution in [0.1, 0.15) is 43.7 Å². The van der Waals surface area contributed by atoms with Gasteiger partial charge in [-0.1, -0.05) is 31.0 Å². The van der Waals surface area contributed by atoms with Crippen LogP contribution in [0.2, 0.25) is 0 Å². The van der Waals surface area contributed by atoms with Crippen molar-refractivity contribution in [2.45, 2.75) is 38.1 Å². The van der Waals surface area contributed by atoms with E-state index in [4.69, 9.17) is 4.74 Å². The van der Waals surface area contributed by atoms with Crippen molar-refractivity contribution < 1.29 is 9.53 Å². The molecule has 2 aliphatic heterocycles. The number of fused-ring (bicyclic) bond motifs is 1. The number of para-hydroxylation sites is 1. The lowest BCUT2D eigenvalue weighted by Crippen LogP contribution is -2.43. The van der Waals surface area contributed by atoms with Gasteiger partial charge in [0.25, 0.3) is 0 Å². The molecule has 1 fully saturated rings. The number of rotatable bonds is 1. The van der Waals surface area contributed by atoms with Gasteiger partial charge in [-0.15, -0.1) is 0 Å². The van der Waals surface area contributed by atoms with E-state index in [2.05, 4.69) is 5.32 Å². The smallest absolute Gasteiger partial charge is 0.317 e. The molecule has 3 rings (SSSR count). The summed E-state index contributed by atoms with van der Waals surface area (Å²) in [6.07, 6.45) is 5.57. The second-order valence-corrected chi connectivity index (χ2v) is 5.58. The molecule has 0 saturated carbocycles. The van der Waals surface area contributed by atoms with E-state index in [-0.39, 0.29) is 12.1 Å². The topological polar surface area (TPSA) is 41.6 Å². The summed E-state index contributed by atoms with van der Waals surface area (Å²) >= 11 is 0. The van der Waals surface area contributed by atoms with Crippen LogP contribution in [-0.2, 0) is 0 Å². The number of likely N-dealkylation sites (tertiary alicyclic amines) is 1. The molecule has 0 bridgehead atoms. The van der Waals surface area contributed by atoms with E-state index in [9.17, 15) is 4.79 Å². The highest BCUT2D eigenvalue weighted by Gasteiger charge is 2.24. The molecule has 4 nitrogen and oxygen atoms in total. The number of ether oxygens (including phenoxy) is 1. The van der Waals surface area contributed by atoms with E-state index in [0.717, 1.165) is 43.7 Å². The molecule has 20 heavy (non-hydrogen) atoms. The lowest BCUT2D eigenvalue weighted by atomic mass is 10.0. The first-order valence-corrected chi connectivity index (χ1v) is 7.62. The molecule has 1 aromatic carbocycles. The Bertz CT molecular complexity index is 467. The number of nitrogens with one attached hydrogen (secondary N) is 1. The van der Waals surface area contributed by atoms with Gasteiger partial charge in [0.2, 0.25) is 0 Å². The Hall–Kier alpha value is -1.71. The molecule has 1 aromatic rings. The molecule has 2 aliphatic rings. The number of hydrogen-bond donors (Lipinski definition) is 1. The Kier molecular flexibility index (Phi) is 4.09. The average molecular weight is 274 g/mol. The number of carbonyl (C=O) groups excluding carboxylic acids is 1. The third-order valence-corrected chi connectivity index (χ3v) is 4.15. The van der Waals surface area contributed by atoms with Crippen molar-refractivity contribution in [2.75, 3.05) is 19.7 Å². The Labute approximate surface area is 120 Å². The highest BCUT2D eigenvalue weighted by atomic mass is 16.5. The molecule has 108 valence electrons. The first-order valence-electron chi connectivity index (χ1n) is 7.62. The molecule has 4 heteroatoms. The predicted octanol–water partition coefficient (Wildman–Crippen LogP) is 3.10. The van der Waals surface area contributed by atoms with E-state index in [1.807, 2.05) is 29.2 Å². The Morgan fingerprint density at radius 1 is 1.15 bits per heavy atom. The fraction of sp³-hybridized carbons (Fsp3) is 0.562. The van der Waals surface area contributed by atoms with Crippen LogP contribution in [0.5, 0.6) is 5.75 Å². The largest absolute Gasteiger partial charge is 0.493 e. The molecule has 0 aromatic heterocycles. The predicted molar refractivity (Wildman–Crippen MR) is 77.9 cm³/mol. The number of amides is 2. The average Bonchev–Trinajstić information content (AvgIpc) is 2.77. The zero-order chi connectivity index (χ0) is 13.8. The fourth-order valence-corrected chi connectivity index (χ4v) is 3.01. The summed E-state index contributed by atoms with van der Waals surface area (Å²) < 4.78 is 5.64. The van der Waals surface area contributed by atoms with Gasteiger partial charge in [0.05, 0.1) is 12.6 Å². The Balaban J connectivity index is 1.67. The van der Waals surface area contributed by atoms with Gasteiger partial charge in [-0.25, -0.2) is 4.79 Å². The van der Waals surface area contributed by atoms with Crippen LogP contribution in [0.15, 0.2) is 24.3 Å². The second-order valence-electron chi connectivity index (χ2n) is 5.58. The summed E-state index contributed by atoms with van der Waals surface area (Å²) in [6.45, 7) is 2.44. The third kappa shape index (κ3) is 2.89. The molecule has 1 saturated heterocycles. The zero-order valence-corrected chi connectivity index (χ0v) is 11.8. The summed E-state index contributed by atoms with van der Waals surface area (Å²) in [5.74, 6) is 0.903. The highest BCUT2D eigenvalue weighted by Crippen LogP contribution is 2.31. The normalized spacial score (nSPS) is 22.4. The van der Waals surface area contributed by atoms with Crippen LogP contribution >= 0.6 is 0 Å². The summed E-state index contributed by atoms with van der Waals surface area (Å²) in [5.41, 5.74) is 1.10. The van der Waals surface area contributed by atoms with Gasteiger partial charge < -0.3 is 15.0 Å². The van der Waals surface area contributed by atoms with E-state index in [1.165, 1.54) is 12.8 Å². The maximum absolute atomic E-state index is 12.4. The van der Waals surface area contributed by atoms with Crippen LogP contribution in [0.4, 0.5) is 4.79 Å². The van der Waals surface area contributed by atoms with E-state index in [0.29, 0.717) is 6.61 Å². The first-order chi connectivity index (χ1) is 9.84. The van der Waals surface area contributed by atoms with Crippen molar-refractivity contribution in [3.05, 3.63) is 29.8 Å². The molecule has 0 aliphatic carbocycles. The summed E-state index contributed by atoms with van der Waals surface area (Å²) in [4.78, 5) is 14.4. The molecule has 0 radical (unpaired) electrons. The van der Waals surface area contributed by atoms with Crippen molar-refractivity contribution in [1.82, 2.24) is 10.2 Å². The number of nitrogens with zero attached hydrogens (tertiary/aromatic N) is 1. The second kappa shape index (κ2) is 6.16. The van der Waals surface area contributed by atoms with Crippen molar-refractivity contribution in [1.29, 1.82) is 0 Å². The molecular weight excluding hydrogens is 252 g/mol. The number of carbonyl (C=O) groups is 1. The van der Waals surface area contributed by atoms with Crippen molar-refractivity contribution in [3.63, 3.8) is 0 Å². The molecule has 2 amide bonds. The minimum atomic E-state index is 0.0774. The summed E-state index contributed by atoms with van der Waals surface area (Å²) in [7, 11) is 0. The van der Waals surface area contributed by atoms with E-state index >= 15 is 0 Å². The van der Waals surface area contributed by atoms with Gasteiger partial charge in [0.15, 0.2) is 0 Å². The quantitative estimate of drug-likeness (QED) is 0.855. The standard InChI is InChI=1S/C16H22N2O2/c19-16(18-10-5-1-2-6-11-18)17-14-9-12-20-15-8-4-3-7-13(14)15/h3-4,7-8,14H,1-2,5-6,9-12H2,(H,17,19). The molecule has 1 unspecified atom stereocenters. The Morgan fingerprint density at radius 3 is 2.70 bits per heavy atom. The summed E-state index contributed by atoms with van der Waals surface area (Å²) in [5, 5.41) is 3.18. The third-order valence-electron chi connectivity index (χ3n) is 4.15. The van der Waals surface area contributed by atoms with Crippen molar-refractivity contribution >= 4 is 6.03 Å². The van der Waals surface area contributed by atoms with Crippen molar-refractivity contribution in [2.24, 2.45) is 0 Å².